The molecule has 39 heavy (non-hydrogen) atoms. The molecule has 8 nitrogen and oxygen atoms in total. The Balaban J connectivity index is 1.73. The van der Waals surface area contributed by atoms with Gasteiger partial charge in [0.05, 0.1) is 36.9 Å². The van der Waals surface area contributed by atoms with Crippen LogP contribution in [0.1, 0.15) is 49.1 Å². The van der Waals surface area contributed by atoms with Crippen molar-refractivity contribution in [2.24, 2.45) is 0 Å². The molecule has 1 unspecified atom stereocenters. The van der Waals surface area contributed by atoms with Crippen molar-refractivity contribution in [3.05, 3.63) is 88.5 Å². The number of methoxy groups -OCH3 is 2. The Hall–Kier alpha value is -4.59. The van der Waals surface area contributed by atoms with Gasteiger partial charge in [0.15, 0.2) is 0 Å². The number of hydrogen-bond donors (Lipinski definition) is 2. The van der Waals surface area contributed by atoms with E-state index >= 15 is 0 Å². The molecule has 0 bridgehead atoms. The van der Waals surface area contributed by atoms with E-state index in [9.17, 15) is 14.7 Å². The first-order chi connectivity index (χ1) is 18.5. The average molecular weight is 526 g/mol. The van der Waals surface area contributed by atoms with Crippen molar-refractivity contribution in [3.8, 4) is 11.5 Å². The van der Waals surface area contributed by atoms with Gasteiger partial charge in [-0.15, -0.1) is 0 Å². The van der Waals surface area contributed by atoms with Gasteiger partial charge in [0, 0.05) is 11.6 Å². The smallest absolute Gasteiger partial charge is 0.302 e. The van der Waals surface area contributed by atoms with Crippen LogP contribution in [0, 0.1) is 6.92 Å². The van der Waals surface area contributed by atoms with Gasteiger partial charge in [0.2, 0.25) is 5.95 Å². The minimum absolute atomic E-state index is 0.00244. The Kier molecular flexibility index (Phi) is 6.42. The van der Waals surface area contributed by atoms with Crippen molar-refractivity contribution in [2.45, 2.75) is 39.2 Å². The summed E-state index contributed by atoms with van der Waals surface area (Å²) in [5.74, 6) is -0.348. The number of anilines is 1. The van der Waals surface area contributed by atoms with Gasteiger partial charge in [-0.25, -0.2) is 4.98 Å². The molecule has 8 heteroatoms. The highest BCUT2D eigenvalue weighted by atomic mass is 16.5. The molecule has 2 heterocycles. The van der Waals surface area contributed by atoms with Gasteiger partial charge in [-0.1, -0.05) is 45.0 Å². The molecule has 1 fully saturated rings. The summed E-state index contributed by atoms with van der Waals surface area (Å²) in [6, 6.07) is 17.3. The third-order valence-corrected chi connectivity index (χ3v) is 7.14. The number of aryl methyl sites for hydroxylation is 1. The zero-order valence-electron chi connectivity index (χ0n) is 22.8. The lowest BCUT2D eigenvalue weighted by molar-refractivity contribution is -0.132. The van der Waals surface area contributed by atoms with Crippen molar-refractivity contribution < 1.29 is 24.2 Å². The van der Waals surface area contributed by atoms with E-state index in [1.54, 1.807) is 56.7 Å². The van der Waals surface area contributed by atoms with Crippen LogP contribution in [0.2, 0.25) is 0 Å². The molecule has 0 radical (unpaired) electrons. The number of benzene rings is 3. The van der Waals surface area contributed by atoms with E-state index in [0.29, 0.717) is 33.7 Å². The summed E-state index contributed by atoms with van der Waals surface area (Å²) < 4.78 is 10.6. The van der Waals surface area contributed by atoms with Crippen molar-refractivity contribution in [2.75, 3.05) is 19.1 Å². The molecular formula is C31H31N3O5. The highest BCUT2D eigenvalue weighted by molar-refractivity contribution is 6.51. The number of fused-ring (bicyclic) bond motifs is 1. The second kappa shape index (κ2) is 9.62. The molecule has 200 valence electrons. The lowest BCUT2D eigenvalue weighted by Gasteiger charge is -2.24. The first-order valence-corrected chi connectivity index (χ1v) is 12.6. The number of aliphatic hydroxyl groups excluding tert-OH is 1. The number of aromatic amines is 1. The normalized spacial score (nSPS) is 17.2. The number of hydrogen-bond acceptors (Lipinski definition) is 6. The summed E-state index contributed by atoms with van der Waals surface area (Å²) in [6.07, 6.45) is 0. The largest absolute Gasteiger partial charge is 0.507 e. The number of imidazole rings is 1. The molecule has 4 aromatic rings. The summed E-state index contributed by atoms with van der Waals surface area (Å²) >= 11 is 0. The van der Waals surface area contributed by atoms with Crippen LogP contribution in [0.15, 0.2) is 66.2 Å². The number of carbonyl (C=O) groups is 2. The molecule has 1 amide bonds. The Labute approximate surface area is 226 Å². The summed E-state index contributed by atoms with van der Waals surface area (Å²) in [6.45, 7) is 8.10. The number of amides is 1. The Morgan fingerprint density at radius 2 is 1.62 bits per heavy atom. The van der Waals surface area contributed by atoms with Crippen LogP contribution in [0.4, 0.5) is 5.95 Å². The number of carbonyl (C=O) groups excluding carboxylic acids is 2. The molecule has 0 aliphatic carbocycles. The van der Waals surface area contributed by atoms with E-state index in [0.717, 1.165) is 11.1 Å². The zero-order valence-corrected chi connectivity index (χ0v) is 22.8. The third kappa shape index (κ3) is 4.52. The predicted octanol–water partition coefficient (Wildman–Crippen LogP) is 5.81. The highest BCUT2D eigenvalue weighted by Gasteiger charge is 2.48. The molecular weight excluding hydrogens is 494 g/mol. The van der Waals surface area contributed by atoms with Crippen LogP contribution in [0.3, 0.4) is 0 Å². The number of ether oxygens (including phenoxy) is 2. The number of aromatic nitrogens is 2. The number of ketones is 1. The monoisotopic (exact) mass is 525 g/mol. The quantitative estimate of drug-likeness (QED) is 0.194. The van der Waals surface area contributed by atoms with Crippen molar-refractivity contribution in [1.82, 2.24) is 9.97 Å². The van der Waals surface area contributed by atoms with Crippen LogP contribution in [-0.4, -0.2) is 41.0 Å². The Morgan fingerprint density at radius 3 is 2.26 bits per heavy atom. The van der Waals surface area contributed by atoms with Crippen molar-refractivity contribution in [3.63, 3.8) is 0 Å². The van der Waals surface area contributed by atoms with E-state index in [4.69, 9.17) is 9.47 Å². The number of Topliss-reactive ketones (excluding diaryl/α,β-unsaturated/α-hetero) is 1. The topological polar surface area (TPSA) is 105 Å². The highest BCUT2D eigenvalue weighted by Crippen LogP contribution is 2.43. The van der Waals surface area contributed by atoms with Crippen LogP contribution >= 0.6 is 0 Å². The maximum absolute atomic E-state index is 13.6. The lowest BCUT2D eigenvalue weighted by atomic mass is 9.84. The molecule has 0 spiro atoms. The third-order valence-electron chi connectivity index (χ3n) is 7.14. The van der Waals surface area contributed by atoms with Crippen LogP contribution in [0.25, 0.3) is 16.8 Å². The maximum atomic E-state index is 13.6. The zero-order chi connectivity index (χ0) is 28.1. The number of nitrogens with one attached hydrogen (secondary N) is 1. The summed E-state index contributed by atoms with van der Waals surface area (Å²) in [7, 11) is 3.13. The molecule has 1 saturated heterocycles. The van der Waals surface area contributed by atoms with Gasteiger partial charge in [0.25, 0.3) is 5.78 Å². The number of nitrogens with zero attached hydrogens (tertiary/aromatic N) is 2. The van der Waals surface area contributed by atoms with Crippen LogP contribution in [0.5, 0.6) is 11.5 Å². The summed E-state index contributed by atoms with van der Waals surface area (Å²) in [5, 5.41) is 11.7. The Morgan fingerprint density at radius 1 is 0.949 bits per heavy atom. The average Bonchev–Trinajstić information content (AvgIpc) is 3.45. The van der Waals surface area contributed by atoms with Gasteiger partial charge in [-0.3, -0.25) is 14.5 Å². The fraction of sp³-hybridized carbons (Fsp3) is 0.258. The fourth-order valence-corrected chi connectivity index (χ4v) is 4.86. The van der Waals surface area contributed by atoms with Crippen LogP contribution in [-0.2, 0) is 15.0 Å². The molecule has 1 aliphatic heterocycles. The summed E-state index contributed by atoms with van der Waals surface area (Å²) in [5.41, 5.74) is 3.99. The molecule has 3 aromatic carbocycles. The first kappa shape index (κ1) is 26.0. The molecule has 2 N–H and O–H groups in total. The summed E-state index contributed by atoms with van der Waals surface area (Å²) in [4.78, 5) is 36.3. The minimum Gasteiger partial charge on any atom is -0.507 e. The first-order valence-electron chi connectivity index (χ1n) is 12.6. The predicted molar refractivity (Wildman–Crippen MR) is 150 cm³/mol. The van der Waals surface area contributed by atoms with Gasteiger partial charge in [-0.05, 0) is 59.4 Å². The Bertz CT molecular complexity index is 1630. The van der Waals surface area contributed by atoms with E-state index in [-0.39, 0.29) is 22.7 Å². The maximum Gasteiger partial charge on any atom is 0.302 e. The number of rotatable bonds is 5. The molecule has 1 aliphatic rings. The van der Waals surface area contributed by atoms with Crippen LogP contribution < -0.4 is 14.4 Å². The van der Waals surface area contributed by atoms with E-state index in [1.807, 2.05) is 25.1 Å². The SMILES string of the molecule is COc1ccc(C2/C(=C(\O)c3cc(C(C)(C)C)ccc3C)C(=O)C(=O)N2c2nc3ccc(OC)cc3[nH]2)cc1. The molecule has 0 saturated carbocycles. The van der Waals surface area contributed by atoms with Gasteiger partial charge >= 0.3 is 5.91 Å². The van der Waals surface area contributed by atoms with E-state index in [1.165, 1.54) is 4.90 Å². The van der Waals surface area contributed by atoms with Crippen molar-refractivity contribution >= 4 is 34.4 Å². The second-order valence-corrected chi connectivity index (χ2v) is 10.7. The fourth-order valence-electron chi connectivity index (χ4n) is 4.86. The van der Waals surface area contributed by atoms with Gasteiger partial charge in [-0.2, -0.15) is 0 Å². The standard InChI is InChI=1S/C31H31N3O5/c1-17-7-10-19(31(2,3)4)15-22(17)27(35)25-26(18-8-11-20(38-5)12-9-18)34(29(37)28(25)36)30-32-23-14-13-21(39-6)16-24(23)33-30/h7-16,26,35H,1-6H3,(H,32,33)/b27-25+. The minimum atomic E-state index is -0.920. The number of aliphatic hydroxyl groups is 1. The molecule has 1 aromatic heterocycles. The van der Waals surface area contributed by atoms with Gasteiger partial charge in [0.1, 0.15) is 17.3 Å². The number of H-pyrrole nitrogens is 1. The molecule has 1 atom stereocenters. The van der Waals surface area contributed by atoms with E-state index < -0.39 is 17.7 Å². The lowest BCUT2D eigenvalue weighted by Crippen LogP contribution is -2.30. The van der Waals surface area contributed by atoms with Gasteiger partial charge < -0.3 is 19.6 Å². The van der Waals surface area contributed by atoms with E-state index in [2.05, 4.69) is 30.7 Å². The second-order valence-electron chi connectivity index (χ2n) is 10.7. The van der Waals surface area contributed by atoms with Crippen molar-refractivity contribution in [1.29, 1.82) is 0 Å². The molecule has 5 rings (SSSR count).